The molecule has 2 rings (SSSR count). The molecule has 0 aliphatic heterocycles. The summed E-state index contributed by atoms with van der Waals surface area (Å²) >= 11 is 13.0. The molecule has 2 aromatic heterocycles. The van der Waals surface area contributed by atoms with Crippen molar-refractivity contribution in [3.8, 4) is 0 Å². The number of hydrogen-bond acceptors (Lipinski definition) is 3. The van der Waals surface area contributed by atoms with Crippen LogP contribution in [-0.2, 0) is 0 Å². The van der Waals surface area contributed by atoms with Crippen molar-refractivity contribution in [3.05, 3.63) is 40.5 Å². The quantitative estimate of drug-likeness (QED) is 0.536. The van der Waals surface area contributed by atoms with Crippen LogP contribution >= 0.6 is 70.5 Å². The molecule has 0 aliphatic rings. The maximum atomic E-state index is 10.1. The fraction of sp³-hybridized carbons (Fsp3) is 0. The summed E-state index contributed by atoms with van der Waals surface area (Å²) in [5.41, 5.74) is 0.731. The third-order valence-electron chi connectivity index (χ3n) is 1.34. The Labute approximate surface area is 121 Å². The predicted octanol–water partition coefficient (Wildman–Crippen LogP) is 5.60. The normalized spacial score (nSPS) is 9.27. The zero-order valence-corrected chi connectivity index (χ0v) is 13.6. The molecule has 0 spiro atoms. The third-order valence-corrected chi connectivity index (χ3v) is 6.29. The van der Waals surface area contributed by atoms with Crippen LogP contribution < -0.4 is 0 Å². The minimum Gasteiger partial charge on any atom is -0.298 e. The Balaban J connectivity index is 0.000000151. The van der Waals surface area contributed by atoms with Gasteiger partial charge in [0.15, 0.2) is 6.29 Å². The van der Waals surface area contributed by atoms with Crippen molar-refractivity contribution in [2.24, 2.45) is 0 Å². The molecule has 15 heavy (non-hydrogen) atoms. The molecule has 0 fully saturated rings. The van der Waals surface area contributed by atoms with Gasteiger partial charge in [0.25, 0.3) is 0 Å². The first kappa shape index (κ1) is 13.6. The Morgan fingerprint density at radius 3 is 1.53 bits per heavy atom. The number of hydrogen-bond donors (Lipinski definition) is 0. The molecule has 6 heteroatoms. The summed E-state index contributed by atoms with van der Waals surface area (Å²) in [6.45, 7) is 0. The van der Waals surface area contributed by atoms with E-state index in [0.29, 0.717) is 0 Å². The Morgan fingerprint density at radius 1 is 0.867 bits per heavy atom. The summed E-state index contributed by atoms with van der Waals surface area (Å²) in [5.74, 6) is 0. The molecule has 2 heterocycles. The lowest BCUT2D eigenvalue weighted by Crippen LogP contribution is -1.69. The molecule has 0 N–H and O–H groups in total. The van der Waals surface area contributed by atoms with Gasteiger partial charge in [-0.15, -0.1) is 0 Å². The van der Waals surface area contributed by atoms with Crippen LogP contribution in [0, 0.1) is 0 Å². The smallest absolute Gasteiger partial charge is 0.152 e. The van der Waals surface area contributed by atoms with E-state index < -0.39 is 0 Å². The van der Waals surface area contributed by atoms with E-state index in [0.717, 1.165) is 25.3 Å². The van der Waals surface area contributed by atoms with Crippen LogP contribution in [0.5, 0.6) is 0 Å². The number of aldehydes is 1. The predicted molar refractivity (Wildman–Crippen MR) is 77.1 cm³/mol. The van der Waals surface area contributed by atoms with E-state index in [1.165, 1.54) is 11.3 Å². The van der Waals surface area contributed by atoms with Crippen molar-refractivity contribution >= 4 is 76.7 Å². The van der Waals surface area contributed by atoms with E-state index in [-0.39, 0.29) is 0 Å². The van der Waals surface area contributed by atoms with Gasteiger partial charge in [0.1, 0.15) is 0 Å². The second-order valence-corrected chi connectivity index (χ2v) is 6.41. The molecule has 2 aromatic rings. The molecular weight excluding hydrogens is 428 g/mol. The lowest BCUT2D eigenvalue weighted by atomic mass is 10.4. The summed E-state index contributed by atoms with van der Waals surface area (Å²) in [6, 6.07) is 0. The molecule has 0 aliphatic carbocycles. The van der Waals surface area contributed by atoms with Crippen LogP contribution in [0.1, 0.15) is 10.4 Å². The van der Waals surface area contributed by atoms with Gasteiger partial charge in [0.05, 0.1) is 0 Å². The van der Waals surface area contributed by atoms with Crippen LogP contribution in [0.4, 0.5) is 0 Å². The van der Waals surface area contributed by atoms with Gasteiger partial charge in [-0.1, -0.05) is 0 Å². The summed E-state index contributed by atoms with van der Waals surface area (Å²) in [5, 5.41) is 7.75. The monoisotopic (exact) mass is 430 g/mol. The third kappa shape index (κ3) is 4.48. The van der Waals surface area contributed by atoms with E-state index in [2.05, 4.69) is 47.8 Å². The molecule has 0 atom stereocenters. The van der Waals surface area contributed by atoms with Gasteiger partial charge < -0.3 is 0 Å². The highest BCUT2D eigenvalue weighted by atomic mass is 79.9. The van der Waals surface area contributed by atoms with Crippen LogP contribution in [0.15, 0.2) is 34.9 Å². The van der Waals surface area contributed by atoms with E-state index in [1.807, 2.05) is 16.1 Å². The molecule has 0 amide bonds. The molecule has 0 unspecified atom stereocenters. The minimum absolute atomic E-state index is 0.731. The van der Waals surface area contributed by atoms with Crippen molar-refractivity contribution in [2.75, 3.05) is 0 Å². The van der Waals surface area contributed by atoms with E-state index in [4.69, 9.17) is 0 Å². The topological polar surface area (TPSA) is 17.1 Å². The molecule has 0 aromatic carbocycles. The summed E-state index contributed by atoms with van der Waals surface area (Å²) in [4.78, 5) is 10.1. The summed E-state index contributed by atoms with van der Waals surface area (Å²) < 4.78 is 3.16. The molecule has 80 valence electrons. The number of carbonyl (C=O) groups is 1. The van der Waals surface area contributed by atoms with Gasteiger partial charge >= 0.3 is 0 Å². The number of carbonyl (C=O) groups excluding carboxylic acids is 1. The lowest BCUT2D eigenvalue weighted by Gasteiger charge is -1.76. The Kier molecular flexibility index (Phi) is 6.30. The maximum Gasteiger partial charge on any atom is 0.152 e. The summed E-state index contributed by atoms with van der Waals surface area (Å²) in [6.07, 6.45) is 0.834. The highest BCUT2D eigenvalue weighted by Gasteiger charge is 1.95. The number of halogens is 3. The van der Waals surface area contributed by atoms with Crippen LogP contribution in [0.2, 0.25) is 0 Å². The van der Waals surface area contributed by atoms with Crippen LogP contribution in [-0.4, -0.2) is 6.29 Å². The average Bonchev–Trinajstić information content (AvgIpc) is 2.78. The van der Waals surface area contributed by atoms with Crippen molar-refractivity contribution in [1.82, 2.24) is 0 Å². The first-order chi connectivity index (χ1) is 7.15. The van der Waals surface area contributed by atoms with Crippen molar-refractivity contribution in [2.45, 2.75) is 0 Å². The fourth-order valence-corrected chi connectivity index (χ4v) is 3.72. The first-order valence-electron chi connectivity index (χ1n) is 3.69. The molecule has 0 radical (unpaired) electrons. The SMILES string of the molecule is Brc1cscc1Br.O=Cc1cscc1Br. The van der Waals surface area contributed by atoms with Crippen molar-refractivity contribution in [1.29, 1.82) is 0 Å². The van der Waals surface area contributed by atoms with Gasteiger partial charge in [-0.05, 0) is 47.8 Å². The van der Waals surface area contributed by atoms with Crippen molar-refractivity contribution < 1.29 is 4.79 Å². The van der Waals surface area contributed by atoms with Gasteiger partial charge in [0, 0.05) is 40.5 Å². The summed E-state index contributed by atoms with van der Waals surface area (Å²) in [7, 11) is 0. The lowest BCUT2D eigenvalue weighted by molar-refractivity contribution is 0.112. The Morgan fingerprint density at radius 2 is 1.33 bits per heavy atom. The Hall–Kier alpha value is 0.510. The minimum atomic E-state index is 0.731. The maximum absolute atomic E-state index is 10.1. The van der Waals surface area contributed by atoms with E-state index >= 15 is 0 Å². The number of thiophene rings is 2. The van der Waals surface area contributed by atoms with Crippen molar-refractivity contribution in [3.63, 3.8) is 0 Å². The molecule has 0 saturated heterocycles. The molecule has 0 bridgehead atoms. The zero-order valence-electron chi connectivity index (χ0n) is 7.25. The van der Waals surface area contributed by atoms with Crippen LogP contribution in [0.3, 0.4) is 0 Å². The Bertz CT molecular complexity index is 420. The van der Waals surface area contributed by atoms with E-state index in [9.17, 15) is 4.79 Å². The van der Waals surface area contributed by atoms with E-state index in [1.54, 1.807) is 16.7 Å². The standard InChI is InChI=1S/C5H3BrOS.C4H2Br2S/c6-5-3-8-2-4(5)1-7;5-3-1-7-2-4(3)6/h1-3H;1-2H. The second kappa shape index (κ2) is 6.96. The van der Waals surface area contributed by atoms with Gasteiger partial charge in [-0.25, -0.2) is 0 Å². The molecule has 0 saturated carbocycles. The molecule has 1 nitrogen and oxygen atoms in total. The first-order valence-corrected chi connectivity index (χ1v) is 7.95. The zero-order chi connectivity index (χ0) is 11.3. The average molecular weight is 433 g/mol. The largest absolute Gasteiger partial charge is 0.298 e. The van der Waals surface area contributed by atoms with Gasteiger partial charge in [-0.2, -0.15) is 22.7 Å². The van der Waals surface area contributed by atoms with Gasteiger partial charge in [-0.3, -0.25) is 4.79 Å². The second-order valence-electron chi connectivity index (χ2n) is 2.36. The van der Waals surface area contributed by atoms with Gasteiger partial charge in [0.2, 0.25) is 0 Å². The van der Waals surface area contributed by atoms with Crippen LogP contribution in [0.25, 0.3) is 0 Å². The number of rotatable bonds is 1. The molecular formula is C9H5Br3OS2. The fourth-order valence-electron chi connectivity index (χ4n) is 0.642. The highest BCUT2D eigenvalue weighted by molar-refractivity contribution is 9.13. The highest BCUT2D eigenvalue weighted by Crippen LogP contribution is 2.25.